The second-order valence-corrected chi connectivity index (χ2v) is 5.15. The Bertz CT molecular complexity index is 380. The summed E-state index contributed by atoms with van der Waals surface area (Å²) in [6.07, 6.45) is 5.68. The SMILES string of the molecule is CCNc1nccc(NC2CCC(CC)C2C)n1. The highest BCUT2D eigenvalue weighted by Crippen LogP contribution is 2.35. The van der Waals surface area contributed by atoms with Gasteiger partial charge in [0.05, 0.1) is 0 Å². The molecule has 0 aliphatic heterocycles. The molecule has 18 heavy (non-hydrogen) atoms. The normalized spacial score (nSPS) is 27.2. The van der Waals surface area contributed by atoms with E-state index in [1.54, 1.807) is 0 Å². The van der Waals surface area contributed by atoms with E-state index < -0.39 is 0 Å². The minimum atomic E-state index is 0.555. The zero-order valence-electron chi connectivity index (χ0n) is 11.6. The molecule has 1 saturated carbocycles. The Labute approximate surface area is 110 Å². The third kappa shape index (κ3) is 2.92. The summed E-state index contributed by atoms with van der Waals surface area (Å²) in [5.74, 6) is 3.24. The van der Waals surface area contributed by atoms with Gasteiger partial charge in [0.1, 0.15) is 5.82 Å². The van der Waals surface area contributed by atoms with Crippen molar-refractivity contribution in [2.24, 2.45) is 11.8 Å². The summed E-state index contributed by atoms with van der Waals surface area (Å²) >= 11 is 0. The van der Waals surface area contributed by atoms with Gasteiger partial charge in [0.25, 0.3) is 0 Å². The summed E-state index contributed by atoms with van der Waals surface area (Å²) in [5, 5.41) is 6.70. The van der Waals surface area contributed by atoms with Gasteiger partial charge in [-0.25, -0.2) is 4.98 Å². The van der Waals surface area contributed by atoms with E-state index in [1.807, 2.05) is 19.2 Å². The first kappa shape index (κ1) is 13.1. The molecule has 1 aromatic rings. The Morgan fingerprint density at radius 2 is 2.17 bits per heavy atom. The van der Waals surface area contributed by atoms with Crippen molar-refractivity contribution in [2.45, 2.75) is 46.1 Å². The second-order valence-electron chi connectivity index (χ2n) is 5.15. The zero-order valence-corrected chi connectivity index (χ0v) is 11.6. The highest BCUT2D eigenvalue weighted by Gasteiger charge is 2.31. The van der Waals surface area contributed by atoms with Crippen molar-refractivity contribution in [3.05, 3.63) is 12.3 Å². The Balaban J connectivity index is 1.99. The molecule has 1 aliphatic carbocycles. The molecule has 4 nitrogen and oxygen atoms in total. The molecule has 1 heterocycles. The van der Waals surface area contributed by atoms with Crippen LogP contribution in [0.15, 0.2) is 12.3 Å². The van der Waals surface area contributed by atoms with E-state index in [-0.39, 0.29) is 0 Å². The first-order valence-corrected chi connectivity index (χ1v) is 7.08. The van der Waals surface area contributed by atoms with Crippen molar-refractivity contribution >= 4 is 11.8 Å². The number of nitrogens with zero attached hydrogens (tertiary/aromatic N) is 2. The van der Waals surface area contributed by atoms with Crippen molar-refractivity contribution in [3.63, 3.8) is 0 Å². The molecule has 0 saturated heterocycles. The molecule has 0 amide bonds. The van der Waals surface area contributed by atoms with E-state index in [9.17, 15) is 0 Å². The van der Waals surface area contributed by atoms with E-state index in [4.69, 9.17) is 0 Å². The van der Waals surface area contributed by atoms with Crippen molar-refractivity contribution < 1.29 is 0 Å². The lowest BCUT2D eigenvalue weighted by molar-refractivity contribution is 0.391. The first-order valence-electron chi connectivity index (χ1n) is 7.08. The molecule has 1 aromatic heterocycles. The molecule has 0 spiro atoms. The molecule has 1 aliphatic rings. The van der Waals surface area contributed by atoms with Gasteiger partial charge >= 0.3 is 0 Å². The molecule has 100 valence electrons. The topological polar surface area (TPSA) is 49.8 Å². The molecular formula is C14H24N4. The third-order valence-corrected chi connectivity index (χ3v) is 4.07. The summed E-state index contributed by atoms with van der Waals surface area (Å²) in [6, 6.07) is 2.51. The van der Waals surface area contributed by atoms with Crippen LogP contribution in [0.25, 0.3) is 0 Å². The molecule has 3 atom stereocenters. The van der Waals surface area contributed by atoms with Crippen molar-refractivity contribution in [3.8, 4) is 0 Å². The fraction of sp³-hybridized carbons (Fsp3) is 0.714. The van der Waals surface area contributed by atoms with Crippen molar-refractivity contribution in [2.75, 3.05) is 17.2 Å². The van der Waals surface area contributed by atoms with Crippen LogP contribution in [0.4, 0.5) is 11.8 Å². The van der Waals surface area contributed by atoms with Crippen LogP contribution in [-0.2, 0) is 0 Å². The van der Waals surface area contributed by atoms with Crippen LogP contribution in [0.3, 0.4) is 0 Å². The molecule has 2 N–H and O–H groups in total. The standard InChI is InChI=1S/C14H24N4/c1-4-11-6-7-12(10(11)3)17-13-8-9-16-14(18-13)15-5-2/h8-12H,4-7H2,1-3H3,(H2,15,16,17,18). The molecule has 3 unspecified atom stereocenters. The third-order valence-electron chi connectivity index (χ3n) is 4.07. The van der Waals surface area contributed by atoms with E-state index in [0.29, 0.717) is 12.0 Å². The fourth-order valence-electron chi connectivity index (χ4n) is 2.90. The second kappa shape index (κ2) is 6.03. The van der Waals surface area contributed by atoms with Crippen LogP contribution < -0.4 is 10.6 Å². The van der Waals surface area contributed by atoms with E-state index in [1.165, 1.54) is 19.3 Å². The molecule has 0 bridgehead atoms. The summed E-state index contributed by atoms with van der Waals surface area (Å²) in [4.78, 5) is 8.67. The van der Waals surface area contributed by atoms with Crippen LogP contribution in [-0.4, -0.2) is 22.6 Å². The lowest BCUT2D eigenvalue weighted by atomic mass is 9.93. The van der Waals surface area contributed by atoms with Gasteiger partial charge in [-0.2, -0.15) is 4.98 Å². The Morgan fingerprint density at radius 3 is 2.83 bits per heavy atom. The Morgan fingerprint density at radius 1 is 1.33 bits per heavy atom. The molecule has 0 radical (unpaired) electrons. The largest absolute Gasteiger partial charge is 0.367 e. The summed E-state index contributed by atoms with van der Waals surface area (Å²) in [5.41, 5.74) is 0. The number of anilines is 2. The van der Waals surface area contributed by atoms with Gasteiger partial charge in [-0.1, -0.05) is 20.3 Å². The lowest BCUT2D eigenvalue weighted by Crippen LogP contribution is -2.25. The highest BCUT2D eigenvalue weighted by molar-refractivity contribution is 5.40. The fourth-order valence-corrected chi connectivity index (χ4v) is 2.90. The molecule has 2 rings (SSSR count). The molecule has 4 heteroatoms. The predicted molar refractivity (Wildman–Crippen MR) is 75.8 cm³/mol. The van der Waals surface area contributed by atoms with Gasteiger partial charge in [0, 0.05) is 18.8 Å². The van der Waals surface area contributed by atoms with Gasteiger partial charge < -0.3 is 10.6 Å². The van der Waals surface area contributed by atoms with Crippen LogP contribution in [0, 0.1) is 11.8 Å². The maximum Gasteiger partial charge on any atom is 0.224 e. The van der Waals surface area contributed by atoms with Gasteiger partial charge in [0.2, 0.25) is 5.95 Å². The number of aromatic nitrogens is 2. The van der Waals surface area contributed by atoms with Crippen molar-refractivity contribution in [1.29, 1.82) is 0 Å². The monoisotopic (exact) mass is 248 g/mol. The maximum atomic E-state index is 4.48. The van der Waals surface area contributed by atoms with Gasteiger partial charge in [-0.3, -0.25) is 0 Å². The minimum Gasteiger partial charge on any atom is -0.367 e. The summed E-state index contributed by atoms with van der Waals surface area (Å²) in [7, 11) is 0. The smallest absolute Gasteiger partial charge is 0.224 e. The highest BCUT2D eigenvalue weighted by atomic mass is 15.1. The molecule has 0 aromatic carbocycles. The van der Waals surface area contributed by atoms with Crippen molar-refractivity contribution in [1.82, 2.24) is 9.97 Å². The first-order chi connectivity index (χ1) is 8.74. The molecule has 1 fully saturated rings. The zero-order chi connectivity index (χ0) is 13.0. The Kier molecular flexibility index (Phi) is 4.39. The lowest BCUT2D eigenvalue weighted by Gasteiger charge is -2.21. The Hall–Kier alpha value is -1.32. The number of rotatable bonds is 5. The average Bonchev–Trinajstić information content (AvgIpc) is 2.71. The van der Waals surface area contributed by atoms with Crippen LogP contribution >= 0.6 is 0 Å². The van der Waals surface area contributed by atoms with E-state index >= 15 is 0 Å². The predicted octanol–water partition coefficient (Wildman–Crippen LogP) is 3.15. The number of nitrogens with one attached hydrogen (secondary N) is 2. The molecular weight excluding hydrogens is 224 g/mol. The quantitative estimate of drug-likeness (QED) is 0.840. The van der Waals surface area contributed by atoms with Gasteiger partial charge in [0.15, 0.2) is 0 Å². The maximum absolute atomic E-state index is 4.48. The summed E-state index contributed by atoms with van der Waals surface area (Å²) < 4.78 is 0. The van der Waals surface area contributed by atoms with Gasteiger partial charge in [-0.05, 0) is 37.7 Å². The average molecular weight is 248 g/mol. The minimum absolute atomic E-state index is 0.555. The number of hydrogen-bond donors (Lipinski definition) is 2. The summed E-state index contributed by atoms with van der Waals surface area (Å²) in [6.45, 7) is 7.54. The van der Waals surface area contributed by atoms with E-state index in [2.05, 4.69) is 34.4 Å². The van der Waals surface area contributed by atoms with Crippen LogP contribution in [0.5, 0.6) is 0 Å². The number of hydrogen-bond acceptors (Lipinski definition) is 4. The van der Waals surface area contributed by atoms with Crippen LogP contribution in [0.1, 0.15) is 40.0 Å². The van der Waals surface area contributed by atoms with E-state index in [0.717, 1.165) is 24.2 Å². The van der Waals surface area contributed by atoms with Gasteiger partial charge in [-0.15, -0.1) is 0 Å². The van der Waals surface area contributed by atoms with Crippen LogP contribution in [0.2, 0.25) is 0 Å².